The fourth-order valence-corrected chi connectivity index (χ4v) is 5.07. The fraction of sp³-hybridized carbons (Fsp3) is 0.240. The minimum absolute atomic E-state index is 0.0887. The maximum absolute atomic E-state index is 13.4. The number of carbonyl (C=O) groups excluding carboxylic acids is 1. The highest BCUT2D eigenvalue weighted by Gasteiger charge is 2.29. The Morgan fingerprint density at radius 1 is 1.06 bits per heavy atom. The van der Waals surface area contributed by atoms with Crippen LogP contribution in [0.4, 0.5) is 5.69 Å². The minimum atomic E-state index is -0.314. The van der Waals surface area contributed by atoms with Crippen LogP contribution in [-0.4, -0.2) is 32.5 Å². The molecule has 2 aromatic carbocycles. The van der Waals surface area contributed by atoms with E-state index in [4.69, 9.17) is 4.42 Å². The summed E-state index contributed by atoms with van der Waals surface area (Å²) in [7, 11) is 0. The molecule has 1 aliphatic heterocycles. The number of anilines is 1. The molecule has 0 N–H and O–H groups in total. The highest BCUT2D eigenvalue weighted by atomic mass is 32.2. The molecule has 2 aromatic heterocycles. The van der Waals surface area contributed by atoms with Gasteiger partial charge in [-0.25, -0.2) is 0 Å². The number of aryl methyl sites for hydroxylation is 2. The molecule has 1 atom stereocenters. The molecule has 0 unspecified atom stereocenters. The van der Waals surface area contributed by atoms with E-state index in [0.29, 0.717) is 11.0 Å². The van der Waals surface area contributed by atoms with Crippen LogP contribution in [0.25, 0.3) is 17.1 Å². The van der Waals surface area contributed by atoms with E-state index in [9.17, 15) is 4.79 Å². The summed E-state index contributed by atoms with van der Waals surface area (Å²) in [6, 6.07) is 20.0. The summed E-state index contributed by atoms with van der Waals surface area (Å²) in [5, 5.41) is 9.29. The third kappa shape index (κ3) is 3.73. The van der Waals surface area contributed by atoms with E-state index in [1.807, 2.05) is 77.9 Å². The van der Waals surface area contributed by atoms with E-state index < -0.39 is 0 Å². The number of para-hydroxylation sites is 2. The second kappa shape index (κ2) is 8.67. The molecule has 1 aliphatic rings. The molecule has 0 spiro atoms. The monoisotopic (exact) mass is 444 g/mol. The highest BCUT2D eigenvalue weighted by molar-refractivity contribution is 8.00. The van der Waals surface area contributed by atoms with Crippen LogP contribution < -0.4 is 4.90 Å². The van der Waals surface area contributed by atoms with E-state index in [2.05, 4.69) is 16.3 Å². The van der Waals surface area contributed by atoms with Gasteiger partial charge >= 0.3 is 0 Å². The number of hydrogen-bond acceptors (Lipinski definition) is 5. The van der Waals surface area contributed by atoms with Gasteiger partial charge < -0.3 is 9.32 Å². The predicted molar refractivity (Wildman–Crippen MR) is 126 cm³/mol. The normalized spacial score (nSPS) is 14.2. The van der Waals surface area contributed by atoms with Crippen LogP contribution in [0.15, 0.2) is 76.5 Å². The zero-order valence-corrected chi connectivity index (χ0v) is 18.9. The van der Waals surface area contributed by atoms with Crippen molar-refractivity contribution >= 4 is 23.4 Å². The molecular formula is C25H24N4O2S. The van der Waals surface area contributed by atoms with Gasteiger partial charge in [0.25, 0.3) is 0 Å². The van der Waals surface area contributed by atoms with Crippen LogP contribution in [0, 0.1) is 6.92 Å². The Labute approximate surface area is 191 Å². The summed E-state index contributed by atoms with van der Waals surface area (Å²) < 4.78 is 7.50. The van der Waals surface area contributed by atoms with Gasteiger partial charge in [-0.2, -0.15) is 0 Å². The Balaban J connectivity index is 1.48. The van der Waals surface area contributed by atoms with Gasteiger partial charge in [0, 0.05) is 17.9 Å². The first-order valence-corrected chi connectivity index (χ1v) is 11.6. The zero-order chi connectivity index (χ0) is 22.1. The van der Waals surface area contributed by atoms with Crippen molar-refractivity contribution in [2.24, 2.45) is 0 Å². The summed E-state index contributed by atoms with van der Waals surface area (Å²) >= 11 is 1.43. The average Bonchev–Trinajstić information content (AvgIpc) is 3.44. The smallest absolute Gasteiger partial charge is 0.240 e. The topological polar surface area (TPSA) is 64.2 Å². The van der Waals surface area contributed by atoms with E-state index in [1.165, 1.54) is 17.3 Å². The van der Waals surface area contributed by atoms with Crippen LogP contribution in [0.3, 0.4) is 0 Å². The van der Waals surface area contributed by atoms with Crippen molar-refractivity contribution in [3.63, 3.8) is 0 Å². The molecule has 32 heavy (non-hydrogen) atoms. The highest BCUT2D eigenvalue weighted by Crippen LogP contribution is 2.34. The first kappa shape index (κ1) is 20.6. The second-order valence-corrected chi connectivity index (χ2v) is 9.16. The molecular weight excluding hydrogens is 420 g/mol. The molecule has 0 fully saturated rings. The van der Waals surface area contributed by atoms with Crippen LogP contribution in [-0.2, 0) is 11.2 Å². The number of thioether (sulfide) groups is 1. The lowest BCUT2D eigenvalue weighted by Crippen LogP contribution is -2.40. The van der Waals surface area contributed by atoms with E-state index in [0.717, 1.165) is 42.1 Å². The molecule has 7 heteroatoms. The molecule has 3 heterocycles. The maximum Gasteiger partial charge on any atom is 0.240 e. The van der Waals surface area contributed by atoms with E-state index >= 15 is 0 Å². The van der Waals surface area contributed by atoms with Crippen molar-refractivity contribution in [1.29, 1.82) is 0 Å². The van der Waals surface area contributed by atoms with E-state index in [-0.39, 0.29) is 11.2 Å². The van der Waals surface area contributed by atoms with Crippen molar-refractivity contribution in [1.82, 2.24) is 14.8 Å². The maximum atomic E-state index is 13.4. The molecule has 4 aromatic rings. The van der Waals surface area contributed by atoms with Gasteiger partial charge in [0.2, 0.25) is 5.91 Å². The van der Waals surface area contributed by atoms with Crippen LogP contribution >= 0.6 is 11.8 Å². The van der Waals surface area contributed by atoms with Crippen molar-refractivity contribution in [3.8, 4) is 17.1 Å². The standard InChI is InChI=1S/C25H24N4O2S/c1-17-21(14-16-31-17)23-26-27-25(29(23)20-11-4-3-5-12-20)32-18(2)24(30)28-15-8-10-19-9-6-7-13-22(19)28/h3-7,9,11-14,16,18H,8,10,15H2,1-2H3/t18-/m1/s1. The van der Waals surface area contributed by atoms with Crippen LogP contribution in [0.5, 0.6) is 0 Å². The number of hydrogen-bond donors (Lipinski definition) is 0. The van der Waals surface area contributed by atoms with Crippen molar-refractivity contribution < 1.29 is 9.21 Å². The van der Waals surface area contributed by atoms with Gasteiger partial charge in [-0.15, -0.1) is 10.2 Å². The fourth-order valence-electron chi connectivity index (χ4n) is 4.14. The lowest BCUT2D eigenvalue weighted by molar-refractivity contribution is -0.117. The lowest BCUT2D eigenvalue weighted by atomic mass is 10.0. The summed E-state index contributed by atoms with van der Waals surface area (Å²) in [5.41, 5.74) is 4.08. The number of carbonyl (C=O) groups is 1. The Morgan fingerprint density at radius 3 is 2.62 bits per heavy atom. The molecule has 6 nitrogen and oxygen atoms in total. The summed E-state index contributed by atoms with van der Waals surface area (Å²) in [6.45, 7) is 4.59. The Kier molecular flexibility index (Phi) is 5.57. The zero-order valence-electron chi connectivity index (χ0n) is 18.1. The van der Waals surface area contributed by atoms with Crippen molar-refractivity contribution in [2.45, 2.75) is 37.1 Å². The second-order valence-electron chi connectivity index (χ2n) is 7.85. The number of rotatable bonds is 5. The molecule has 1 amide bonds. The first-order chi connectivity index (χ1) is 15.6. The number of benzene rings is 2. The quantitative estimate of drug-likeness (QED) is 0.391. The van der Waals surface area contributed by atoms with Crippen molar-refractivity contribution in [2.75, 3.05) is 11.4 Å². The largest absolute Gasteiger partial charge is 0.469 e. The number of fused-ring (bicyclic) bond motifs is 1. The molecule has 0 saturated heterocycles. The number of aromatic nitrogens is 3. The van der Waals surface area contributed by atoms with Crippen LogP contribution in [0.1, 0.15) is 24.7 Å². The molecule has 5 rings (SSSR count). The molecule has 0 radical (unpaired) electrons. The summed E-state index contributed by atoms with van der Waals surface area (Å²) in [4.78, 5) is 15.4. The molecule has 162 valence electrons. The number of nitrogens with zero attached hydrogens (tertiary/aromatic N) is 4. The molecule has 0 bridgehead atoms. The third-order valence-corrected chi connectivity index (χ3v) is 6.78. The Bertz CT molecular complexity index is 1250. The number of furan rings is 1. The Morgan fingerprint density at radius 2 is 1.84 bits per heavy atom. The van der Waals surface area contributed by atoms with Gasteiger partial charge in [0.15, 0.2) is 11.0 Å². The van der Waals surface area contributed by atoms with Gasteiger partial charge in [-0.05, 0) is 56.5 Å². The Hall–Kier alpha value is -3.32. The van der Waals surface area contributed by atoms with Gasteiger partial charge in [0.05, 0.1) is 17.1 Å². The van der Waals surface area contributed by atoms with Crippen molar-refractivity contribution in [3.05, 3.63) is 78.3 Å². The first-order valence-electron chi connectivity index (χ1n) is 10.7. The number of amides is 1. The summed E-state index contributed by atoms with van der Waals surface area (Å²) in [5.74, 6) is 1.57. The molecule has 0 aliphatic carbocycles. The average molecular weight is 445 g/mol. The predicted octanol–water partition coefficient (Wildman–Crippen LogP) is 5.30. The molecule has 0 saturated carbocycles. The van der Waals surface area contributed by atoms with Crippen LogP contribution in [0.2, 0.25) is 0 Å². The van der Waals surface area contributed by atoms with Gasteiger partial charge in [-0.3, -0.25) is 9.36 Å². The van der Waals surface area contributed by atoms with Gasteiger partial charge in [-0.1, -0.05) is 48.2 Å². The third-order valence-electron chi connectivity index (χ3n) is 5.75. The lowest BCUT2D eigenvalue weighted by Gasteiger charge is -2.31. The minimum Gasteiger partial charge on any atom is -0.469 e. The van der Waals surface area contributed by atoms with E-state index in [1.54, 1.807) is 6.26 Å². The summed E-state index contributed by atoms with van der Waals surface area (Å²) in [6.07, 6.45) is 3.64. The SMILES string of the molecule is Cc1occc1-c1nnc(S[C@H](C)C(=O)N2CCCc3ccccc32)n1-c1ccccc1. The van der Waals surface area contributed by atoms with Gasteiger partial charge in [0.1, 0.15) is 5.76 Å².